The van der Waals surface area contributed by atoms with Gasteiger partial charge < -0.3 is 14.2 Å². The van der Waals surface area contributed by atoms with Crippen LogP contribution in [0.25, 0.3) is 0 Å². The molecule has 3 rings (SSSR count). The van der Waals surface area contributed by atoms with Crippen molar-refractivity contribution in [1.82, 2.24) is 4.90 Å². The Hall–Kier alpha value is -3.07. The third kappa shape index (κ3) is 3.89. The van der Waals surface area contributed by atoms with Gasteiger partial charge in [-0.05, 0) is 42.8 Å². The van der Waals surface area contributed by atoms with Gasteiger partial charge in [0.1, 0.15) is 5.76 Å². The first kappa shape index (κ1) is 16.8. The molecule has 0 radical (unpaired) electrons. The lowest BCUT2D eigenvalue weighted by atomic mass is 10.1. The Labute approximate surface area is 146 Å². The van der Waals surface area contributed by atoms with Crippen LogP contribution in [0.4, 0.5) is 5.69 Å². The van der Waals surface area contributed by atoms with E-state index >= 15 is 0 Å². The molecule has 6 nitrogen and oxygen atoms in total. The van der Waals surface area contributed by atoms with E-state index in [0.29, 0.717) is 30.8 Å². The van der Waals surface area contributed by atoms with Crippen LogP contribution in [-0.4, -0.2) is 29.8 Å². The summed E-state index contributed by atoms with van der Waals surface area (Å²) in [5, 5.41) is 8.83. The van der Waals surface area contributed by atoms with Crippen LogP contribution >= 0.6 is 0 Å². The molecule has 0 spiro atoms. The Kier molecular flexibility index (Phi) is 5.14. The Balaban J connectivity index is 1.74. The molecule has 25 heavy (non-hydrogen) atoms. The highest BCUT2D eigenvalue weighted by molar-refractivity contribution is 5.97. The van der Waals surface area contributed by atoms with E-state index in [0.717, 1.165) is 18.7 Å². The van der Waals surface area contributed by atoms with E-state index in [2.05, 4.69) is 6.07 Å². The average Bonchev–Trinajstić information content (AvgIpc) is 3.29. The van der Waals surface area contributed by atoms with E-state index in [1.54, 1.807) is 52.5 Å². The molecule has 0 aliphatic carbocycles. The predicted molar refractivity (Wildman–Crippen MR) is 91.7 cm³/mol. The highest BCUT2D eigenvalue weighted by Gasteiger charge is 2.22. The molecule has 1 aliphatic rings. The zero-order chi connectivity index (χ0) is 17.6. The van der Waals surface area contributed by atoms with Gasteiger partial charge in [-0.3, -0.25) is 9.59 Å². The molecule has 2 amide bonds. The molecule has 1 saturated heterocycles. The molecule has 0 atom stereocenters. The van der Waals surface area contributed by atoms with Crippen molar-refractivity contribution in [3.05, 3.63) is 54.0 Å². The molecule has 128 valence electrons. The standard InChI is InChI=1S/C19H19N3O3/c20-10-3-11-21(14-17-4-2-13-25-17)19(24)15-6-8-16(9-7-15)22-12-1-5-18(22)23/h2,4,6-9,13H,1,3,5,11-12,14H2. The van der Waals surface area contributed by atoms with Gasteiger partial charge in [0.15, 0.2) is 0 Å². The number of rotatable bonds is 6. The van der Waals surface area contributed by atoms with E-state index in [4.69, 9.17) is 9.68 Å². The summed E-state index contributed by atoms with van der Waals surface area (Å²) in [6, 6.07) is 12.7. The van der Waals surface area contributed by atoms with E-state index < -0.39 is 0 Å². The van der Waals surface area contributed by atoms with E-state index in [1.807, 2.05) is 0 Å². The number of amides is 2. The number of carbonyl (C=O) groups is 2. The molecule has 2 heterocycles. The van der Waals surface area contributed by atoms with Crippen LogP contribution in [0.15, 0.2) is 47.1 Å². The van der Waals surface area contributed by atoms with Crippen molar-refractivity contribution < 1.29 is 14.0 Å². The third-order valence-corrected chi connectivity index (χ3v) is 4.21. The lowest BCUT2D eigenvalue weighted by Gasteiger charge is -2.21. The molecule has 0 bridgehead atoms. The smallest absolute Gasteiger partial charge is 0.254 e. The number of furan rings is 1. The fourth-order valence-corrected chi connectivity index (χ4v) is 2.92. The summed E-state index contributed by atoms with van der Waals surface area (Å²) < 4.78 is 5.31. The summed E-state index contributed by atoms with van der Waals surface area (Å²) in [6.07, 6.45) is 3.26. The van der Waals surface area contributed by atoms with Crippen LogP contribution in [0.3, 0.4) is 0 Å². The Bertz CT molecular complexity index is 775. The number of hydrogen-bond acceptors (Lipinski definition) is 4. The second-order valence-electron chi connectivity index (χ2n) is 5.91. The fourth-order valence-electron chi connectivity index (χ4n) is 2.92. The zero-order valence-electron chi connectivity index (χ0n) is 13.9. The van der Waals surface area contributed by atoms with Crippen LogP contribution in [0.5, 0.6) is 0 Å². The van der Waals surface area contributed by atoms with Gasteiger partial charge in [-0.25, -0.2) is 0 Å². The Morgan fingerprint density at radius 1 is 1.28 bits per heavy atom. The predicted octanol–water partition coefficient (Wildman–Crippen LogP) is 2.96. The van der Waals surface area contributed by atoms with Crippen LogP contribution < -0.4 is 4.90 Å². The minimum atomic E-state index is -0.161. The first-order valence-corrected chi connectivity index (χ1v) is 8.28. The second kappa shape index (κ2) is 7.67. The van der Waals surface area contributed by atoms with E-state index in [9.17, 15) is 9.59 Å². The lowest BCUT2D eigenvalue weighted by molar-refractivity contribution is -0.117. The van der Waals surface area contributed by atoms with Crippen molar-refractivity contribution in [3.8, 4) is 6.07 Å². The van der Waals surface area contributed by atoms with Gasteiger partial charge >= 0.3 is 0 Å². The highest BCUT2D eigenvalue weighted by atomic mass is 16.3. The monoisotopic (exact) mass is 337 g/mol. The number of hydrogen-bond donors (Lipinski definition) is 0. The second-order valence-corrected chi connectivity index (χ2v) is 5.91. The largest absolute Gasteiger partial charge is 0.467 e. The maximum atomic E-state index is 12.8. The summed E-state index contributed by atoms with van der Waals surface area (Å²) in [6.45, 7) is 1.38. The molecule has 0 saturated carbocycles. The molecule has 0 N–H and O–H groups in total. The van der Waals surface area contributed by atoms with Gasteiger partial charge in [0.2, 0.25) is 5.91 Å². The number of nitrogens with zero attached hydrogens (tertiary/aromatic N) is 3. The van der Waals surface area contributed by atoms with Crippen molar-refractivity contribution >= 4 is 17.5 Å². The summed E-state index contributed by atoms with van der Waals surface area (Å²) >= 11 is 0. The van der Waals surface area contributed by atoms with Crippen LogP contribution in [0.2, 0.25) is 0 Å². The van der Waals surface area contributed by atoms with Crippen molar-refractivity contribution in [2.45, 2.75) is 25.8 Å². The molecule has 1 aromatic carbocycles. The molecular formula is C19H19N3O3. The fraction of sp³-hybridized carbons (Fsp3) is 0.316. The topological polar surface area (TPSA) is 77.6 Å². The minimum absolute atomic E-state index is 0.118. The molecule has 0 unspecified atom stereocenters. The van der Waals surface area contributed by atoms with Crippen LogP contribution in [0, 0.1) is 11.3 Å². The minimum Gasteiger partial charge on any atom is -0.467 e. The maximum absolute atomic E-state index is 12.8. The first-order chi connectivity index (χ1) is 12.2. The van der Waals surface area contributed by atoms with Gasteiger partial charge in [-0.2, -0.15) is 5.26 Å². The first-order valence-electron chi connectivity index (χ1n) is 8.28. The summed E-state index contributed by atoms with van der Waals surface area (Å²) in [5.41, 5.74) is 1.34. The summed E-state index contributed by atoms with van der Waals surface area (Å²) in [7, 11) is 0. The number of benzene rings is 1. The van der Waals surface area contributed by atoms with Crippen molar-refractivity contribution in [2.75, 3.05) is 18.0 Å². The van der Waals surface area contributed by atoms with Gasteiger partial charge in [0.05, 0.1) is 25.3 Å². The van der Waals surface area contributed by atoms with Crippen LogP contribution in [0.1, 0.15) is 35.4 Å². The van der Waals surface area contributed by atoms with Gasteiger partial charge in [0.25, 0.3) is 5.91 Å². The van der Waals surface area contributed by atoms with Gasteiger partial charge in [-0.15, -0.1) is 0 Å². The van der Waals surface area contributed by atoms with Crippen LogP contribution in [-0.2, 0) is 11.3 Å². The van der Waals surface area contributed by atoms with E-state index in [1.165, 1.54) is 0 Å². The van der Waals surface area contributed by atoms with Crippen molar-refractivity contribution in [1.29, 1.82) is 5.26 Å². The molecule has 1 fully saturated rings. The lowest BCUT2D eigenvalue weighted by Crippen LogP contribution is -2.31. The molecular weight excluding hydrogens is 318 g/mol. The average molecular weight is 337 g/mol. The SMILES string of the molecule is N#CCCN(Cc1ccco1)C(=O)c1ccc(N2CCCC2=O)cc1. The maximum Gasteiger partial charge on any atom is 0.254 e. The normalized spacial score (nSPS) is 13.7. The highest BCUT2D eigenvalue weighted by Crippen LogP contribution is 2.22. The zero-order valence-corrected chi connectivity index (χ0v) is 13.9. The van der Waals surface area contributed by atoms with Gasteiger partial charge in [0, 0.05) is 30.8 Å². The number of nitriles is 1. The number of carbonyl (C=O) groups excluding carboxylic acids is 2. The molecule has 2 aromatic rings. The number of anilines is 1. The quantitative estimate of drug-likeness (QED) is 0.812. The van der Waals surface area contributed by atoms with Crippen molar-refractivity contribution in [3.63, 3.8) is 0 Å². The summed E-state index contributed by atoms with van der Waals surface area (Å²) in [5.74, 6) is 0.629. The van der Waals surface area contributed by atoms with Crippen molar-refractivity contribution in [2.24, 2.45) is 0 Å². The Morgan fingerprint density at radius 3 is 2.68 bits per heavy atom. The molecule has 1 aliphatic heterocycles. The molecule has 1 aromatic heterocycles. The third-order valence-electron chi connectivity index (χ3n) is 4.21. The summed E-state index contributed by atoms with van der Waals surface area (Å²) in [4.78, 5) is 27.9. The van der Waals surface area contributed by atoms with Gasteiger partial charge in [-0.1, -0.05) is 0 Å². The van der Waals surface area contributed by atoms with E-state index in [-0.39, 0.29) is 18.2 Å². The molecule has 6 heteroatoms. The Morgan fingerprint density at radius 2 is 2.08 bits per heavy atom.